The zero-order valence-corrected chi connectivity index (χ0v) is 10.2. The lowest BCUT2D eigenvalue weighted by molar-refractivity contribution is -0.142. The molecule has 0 aromatic carbocycles. The van der Waals surface area contributed by atoms with Gasteiger partial charge in [0.2, 0.25) is 5.91 Å². The first-order chi connectivity index (χ1) is 6.73. The molecule has 0 saturated carbocycles. The third-order valence-electron chi connectivity index (χ3n) is 2.86. The van der Waals surface area contributed by atoms with Crippen molar-refractivity contribution in [2.45, 2.75) is 40.2 Å². The minimum absolute atomic E-state index is 0.0183. The molecule has 0 aromatic heterocycles. The predicted molar refractivity (Wildman–Crippen MR) is 58.0 cm³/mol. The molecule has 4 heteroatoms. The van der Waals surface area contributed by atoms with Crippen molar-refractivity contribution in [2.75, 3.05) is 13.6 Å². The van der Waals surface area contributed by atoms with Crippen LogP contribution in [0.25, 0.3) is 0 Å². The summed E-state index contributed by atoms with van der Waals surface area (Å²) in [7, 11) is 1.88. The van der Waals surface area contributed by atoms with E-state index in [1.54, 1.807) is 5.01 Å². The van der Waals surface area contributed by atoms with Crippen molar-refractivity contribution in [1.82, 2.24) is 10.0 Å². The van der Waals surface area contributed by atoms with Crippen molar-refractivity contribution in [2.24, 2.45) is 5.41 Å². The molecular weight excluding hydrogens is 192 g/mol. The van der Waals surface area contributed by atoms with E-state index in [9.17, 15) is 9.59 Å². The SMILES string of the molecule is CC(=O)CN1C(=O)CC(C(C)(C)C)N1C. The van der Waals surface area contributed by atoms with E-state index in [1.165, 1.54) is 6.92 Å². The van der Waals surface area contributed by atoms with Crippen LogP contribution in [0.3, 0.4) is 0 Å². The molecule has 4 nitrogen and oxygen atoms in total. The van der Waals surface area contributed by atoms with Gasteiger partial charge >= 0.3 is 0 Å². The number of carbonyl (C=O) groups is 2. The van der Waals surface area contributed by atoms with E-state index < -0.39 is 0 Å². The summed E-state index contributed by atoms with van der Waals surface area (Å²) in [6.45, 7) is 8.03. The molecule has 0 aliphatic carbocycles. The second kappa shape index (κ2) is 3.93. The fraction of sp³-hybridized carbons (Fsp3) is 0.818. The van der Waals surface area contributed by atoms with E-state index in [-0.39, 0.29) is 29.7 Å². The quantitative estimate of drug-likeness (QED) is 0.687. The molecule has 1 heterocycles. The van der Waals surface area contributed by atoms with Crippen molar-refractivity contribution in [1.29, 1.82) is 0 Å². The minimum Gasteiger partial charge on any atom is -0.298 e. The van der Waals surface area contributed by atoms with Crippen LogP contribution in [-0.2, 0) is 9.59 Å². The van der Waals surface area contributed by atoms with Gasteiger partial charge in [-0.2, -0.15) is 0 Å². The van der Waals surface area contributed by atoms with Crippen molar-refractivity contribution in [3.8, 4) is 0 Å². The van der Waals surface area contributed by atoms with Gasteiger partial charge in [0.25, 0.3) is 0 Å². The number of ketones is 1. The monoisotopic (exact) mass is 212 g/mol. The van der Waals surface area contributed by atoms with Gasteiger partial charge in [-0.3, -0.25) is 14.6 Å². The Morgan fingerprint density at radius 1 is 1.47 bits per heavy atom. The van der Waals surface area contributed by atoms with Crippen LogP contribution < -0.4 is 0 Å². The van der Waals surface area contributed by atoms with E-state index in [0.717, 1.165) is 0 Å². The topological polar surface area (TPSA) is 40.6 Å². The molecule has 1 saturated heterocycles. The van der Waals surface area contributed by atoms with E-state index in [4.69, 9.17) is 0 Å². The van der Waals surface area contributed by atoms with Crippen LogP contribution in [0.5, 0.6) is 0 Å². The molecule has 1 aliphatic heterocycles. The zero-order valence-electron chi connectivity index (χ0n) is 10.2. The van der Waals surface area contributed by atoms with Crippen LogP contribution in [0.4, 0.5) is 0 Å². The highest BCUT2D eigenvalue weighted by Gasteiger charge is 2.41. The Morgan fingerprint density at radius 2 is 2.00 bits per heavy atom. The van der Waals surface area contributed by atoms with Gasteiger partial charge in [0.15, 0.2) is 5.78 Å². The fourth-order valence-electron chi connectivity index (χ4n) is 2.02. The smallest absolute Gasteiger partial charge is 0.238 e. The van der Waals surface area contributed by atoms with Crippen molar-refractivity contribution in [3.05, 3.63) is 0 Å². The molecule has 86 valence electrons. The van der Waals surface area contributed by atoms with Gasteiger partial charge < -0.3 is 0 Å². The first kappa shape index (κ1) is 12.2. The Hall–Kier alpha value is -0.900. The molecule has 1 fully saturated rings. The molecule has 1 rings (SSSR count). The highest BCUT2D eigenvalue weighted by atomic mass is 16.2. The number of hydrogen-bond acceptors (Lipinski definition) is 3. The molecule has 1 aliphatic rings. The molecule has 0 N–H and O–H groups in total. The van der Waals surface area contributed by atoms with E-state index in [1.807, 2.05) is 12.1 Å². The summed E-state index contributed by atoms with van der Waals surface area (Å²) in [6, 6.07) is 0.185. The number of hydrogen-bond donors (Lipinski definition) is 0. The molecular formula is C11H20N2O2. The van der Waals surface area contributed by atoms with Crippen LogP contribution in [-0.4, -0.2) is 41.3 Å². The summed E-state index contributed by atoms with van der Waals surface area (Å²) in [5.74, 6) is 0.0670. The average molecular weight is 212 g/mol. The number of nitrogens with zero attached hydrogens (tertiary/aromatic N) is 2. The number of rotatable bonds is 2. The number of amides is 1. The third kappa shape index (κ3) is 2.56. The first-order valence-electron chi connectivity index (χ1n) is 5.26. The Balaban J connectivity index is 2.79. The Kier molecular flexibility index (Phi) is 3.19. The molecule has 0 radical (unpaired) electrons. The van der Waals surface area contributed by atoms with Gasteiger partial charge in [-0.25, -0.2) is 5.01 Å². The van der Waals surface area contributed by atoms with Gasteiger partial charge in [0.1, 0.15) is 0 Å². The molecule has 15 heavy (non-hydrogen) atoms. The third-order valence-corrected chi connectivity index (χ3v) is 2.86. The van der Waals surface area contributed by atoms with Gasteiger partial charge in [-0.15, -0.1) is 0 Å². The fourth-order valence-corrected chi connectivity index (χ4v) is 2.02. The summed E-state index contributed by atoms with van der Waals surface area (Å²) in [4.78, 5) is 22.7. The maximum Gasteiger partial charge on any atom is 0.238 e. The summed E-state index contributed by atoms with van der Waals surface area (Å²) >= 11 is 0. The highest BCUT2D eigenvalue weighted by molar-refractivity contribution is 5.85. The Morgan fingerprint density at radius 3 is 2.33 bits per heavy atom. The standard InChI is InChI=1S/C11H20N2O2/c1-8(14)7-13-10(15)6-9(12(13)5)11(2,3)4/h9H,6-7H2,1-5H3. The Labute approximate surface area is 91.2 Å². The summed E-state index contributed by atoms with van der Waals surface area (Å²) < 4.78 is 0. The van der Waals surface area contributed by atoms with Crippen LogP contribution >= 0.6 is 0 Å². The minimum atomic E-state index is 0.0183. The molecule has 0 aromatic rings. The maximum atomic E-state index is 11.7. The summed E-state index contributed by atoms with van der Waals surface area (Å²) in [6.07, 6.45) is 0.507. The van der Waals surface area contributed by atoms with E-state index in [2.05, 4.69) is 20.8 Å². The van der Waals surface area contributed by atoms with Gasteiger partial charge in [0, 0.05) is 19.5 Å². The molecule has 1 atom stereocenters. The zero-order chi connectivity index (χ0) is 11.8. The van der Waals surface area contributed by atoms with Gasteiger partial charge in [0.05, 0.1) is 6.54 Å². The Bertz CT molecular complexity index is 281. The number of hydrazine groups is 1. The maximum absolute atomic E-state index is 11.7. The largest absolute Gasteiger partial charge is 0.298 e. The van der Waals surface area contributed by atoms with Crippen LogP contribution in [0, 0.1) is 5.41 Å². The van der Waals surface area contributed by atoms with E-state index >= 15 is 0 Å². The van der Waals surface area contributed by atoms with Crippen molar-refractivity contribution < 1.29 is 9.59 Å². The number of Topliss-reactive ketones (excluding diaryl/α,β-unsaturated/α-hetero) is 1. The molecule has 0 spiro atoms. The lowest BCUT2D eigenvalue weighted by Gasteiger charge is -2.34. The number of carbonyl (C=O) groups excluding carboxylic acids is 2. The van der Waals surface area contributed by atoms with Crippen LogP contribution in [0.15, 0.2) is 0 Å². The van der Waals surface area contributed by atoms with Crippen molar-refractivity contribution in [3.63, 3.8) is 0 Å². The normalized spacial score (nSPS) is 23.7. The molecule has 1 unspecified atom stereocenters. The predicted octanol–water partition coefficient (Wildman–Crippen LogP) is 1.07. The lowest BCUT2D eigenvalue weighted by atomic mass is 9.85. The first-order valence-corrected chi connectivity index (χ1v) is 5.26. The lowest BCUT2D eigenvalue weighted by Crippen LogP contribution is -2.45. The highest BCUT2D eigenvalue weighted by Crippen LogP contribution is 2.32. The summed E-state index contributed by atoms with van der Waals surface area (Å²) in [5.41, 5.74) is 0.0515. The van der Waals surface area contributed by atoms with E-state index in [0.29, 0.717) is 6.42 Å². The molecule has 1 amide bonds. The van der Waals surface area contributed by atoms with Crippen LogP contribution in [0.1, 0.15) is 34.1 Å². The van der Waals surface area contributed by atoms with Crippen molar-refractivity contribution >= 4 is 11.7 Å². The average Bonchev–Trinajstić information content (AvgIpc) is 2.30. The second-order valence-electron chi connectivity index (χ2n) is 5.31. The van der Waals surface area contributed by atoms with Crippen LogP contribution in [0.2, 0.25) is 0 Å². The summed E-state index contributed by atoms with van der Waals surface area (Å²) in [5, 5.41) is 3.46. The van der Waals surface area contributed by atoms with Gasteiger partial charge in [-0.1, -0.05) is 20.8 Å². The second-order valence-corrected chi connectivity index (χ2v) is 5.31. The van der Waals surface area contributed by atoms with Gasteiger partial charge in [-0.05, 0) is 12.3 Å². The molecule has 0 bridgehead atoms.